The first-order valence-corrected chi connectivity index (χ1v) is 12.9. The maximum atomic E-state index is 12.8. The highest BCUT2D eigenvalue weighted by Gasteiger charge is 2.27. The zero-order chi connectivity index (χ0) is 22.5. The Hall–Kier alpha value is -1.96. The molecule has 0 radical (unpaired) electrons. The molecule has 2 heterocycles. The molecule has 0 atom stereocenters. The number of nitrogens with zero attached hydrogens (tertiary/aromatic N) is 2. The Morgan fingerprint density at radius 2 is 1.81 bits per heavy atom. The van der Waals surface area contributed by atoms with Gasteiger partial charge in [-0.15, -0.1) is 11.3 Å². The third-order valence-corrected chi connectivity index (χ3v) is 7.88. The van der Waals surface area contributed by atoms with Crippen LogP contribution in [-0.4, -0.2) is 53.7 Å². The maximum absolute atomic E-state index is 12.8. The monoisotopic (exact) mass is 471 g/mol. The first-order chi connectivity index (χ1) is 15.5. The van der Waals surface area contributed by atoms with Gasteiger partial charge in [0.25, 0.3) is 0 Å². The molecule has 0 bridgehead atoms. The van der Waals surface area contributed by atoms with Crippen LogP contribution in [0.5, 0.6) is 0 Å². The van der Waals surface area contributed by atoms with Gasteiger partial charge < -0.3 is 15.0 Å². The minimum atomic E-state index is -0.222. The quantitative estimate of drug-likeness (QED) is 0.375. The van der Waals surface area contributed by atoms with E-state index in [2.05, 4.69) is 46.3 Å². The Balaban J connectivity index is 1.39. The summed E-state index contributed by atoms with van der Waals surface area (Å²) in [4.78, 5) is 18.8. The van der Waals surface area contributed by atoms with Crippen LogP contribution in [0.25, 0.3) is 0 Å². The van der Waals surface area contributed by atoms with E-state index in [0.29, 0.717) is 17.3 Å². The molecule has 1 aliphatic heterocycles. The molecule has 1 aliphatic carbocycles. The van der Waals surface area contributed by atoms with Gasteiger partial charge in [-0.05, 0) is 62.9 Å². The molecule has 172 valence electrons. The van der Waals surface area contributed by atoms with Crippen molar-refractivity contribution in [1.29, 1.82) is 0 Å². The first kappa shape index (κ1) is 23.2. The van der Waals surface area contributed by atoms with E-state index >= 15 is 0 Å². The van der Waals surface area contributed by atoms with Gasteiger partial charge in [0.2, 0.25) is 0 Å². The SMILES string of the molecule is CCOC(=O)c1c(NC(=S)N2CCN(Cc3ccc(C)cc3)CC2)sc2c1CCCCC2. The number of carbonyl (C=O) groups is 1. The topological polar surface area (TPSA) is 44.8 Å². The Morgan fingerprint density at radius 3 is 2.53 bits per heavy atom. The van der Waals surface area contributed by atoms with E-state index in [1.807, 2.05) is 6.92 Å². The molecule has 32 heavy (non-hydrogen) atoms. The van der Waals surface area contributed by atoms with Gasteiger partial charge in [0.05, 0.1) is 12.2 Å². The molecular formula is C25H33N3O2S2. The van der Waals surface area contributed by atoms with Crippen LogP contribution >= 0.6 is 23.6 Å². The van der Waals surface area contributed by atoms with Crippen molar-refractivity contribution in [3.63, 3.8) is 0 Å². The van der Waals surface area contributed by atoms with Crippen molar-refractivity contribution < 1.29 is 9.53 Å². The molecule has 2 aromatic rings. The third kappa shape index (κ3) is 5.50. The number of thiocarbonyl (C=S) groups is 1. The van der Waals surface area contributed by atoms with Crippen LogP contribution in [0.4, 0.5) is 5.00 Å². The van der Waals surface area contributed by atoms with Gasteiger partial charge in [0, 0.05) is 37.6 Å². The number of fused-ring (bicyclic) bond motifs is 1. The first-order valence-electron chi connectivity index (χ1n) is 11.7. The lowest BCUT2D eigenvalue weighted by atomic mass is 10.1. The fourth-order valence-electron chi connectivity index (χ4n) is 4.49. The Labute approximate surface area is 200 Å². The second kappa shape index (κ2) is 10.8. The van der Waals surface area contributed by atoms with E-state index in [4.69, 9.17) is 17.0 Å². The third-order valence-electron chi connectivity index (χ3n) is 6.31. The fraction of sp³-hybridized carbons (Fsp3) is 0.520. The van der Waals surface area contributed by atoms with E-state index in [1.165, 1.54) is 34.4 Å². The van der Waals surface area contributed by atoms with Crippen LogP contribution in [0, 0.1) is 6.92 Å². The van der Waals surface area contributed by atoms with Crippen molar-refractivity contribution in [2.45, 2.75) is 52.5 Å². The zero-order valence-corrected chi connectivity index (χ0v) is 20.7. The molecule has 1 fully saturated rings. The smallest absolute Gasteiger partial charge is 0.341 e. The number of benzene rings is 1. The number of nitrogens with one attached hydrogen (secondary N) is 1. The van der Waals surface area contributed by atoms with Crippen molar-refractivity contribution in [1.82, 2.24) is 9.80 Å². The van der Waals surface area contributed by atoms with E-state index in [0.717, 1.165) is 57.0 Å². The Morgan fingerprint density at radius 1 is 1.09 bits per heavy atom. The lowest BCUT2D eigenvalue weighted by Gasteiger charge is -2.36. The van der Waals surface area contributed by atoms with Gasteiger partial charge in [-0.1, -0.05) is 36.2 Å². The average Bonchev–Trinajstić information content (AvgIpc) is 2.96. The van der Waals surface area contributed by atoms with Crippen molar-refractivity contribution in [2.75, 3.05) is 38.1 Å². The summed E-state index contributed by atoms with van der Waals surface area (Å²) in [6.45, 7) is 9.05. The normalized spacial score (nSPS) is 16.9. The summed E-state index contributed by atoms with van der Waals surface area (Å²) in [7, 11) is 0. The average molecular weight is 472 g/mol. The molecule has 0 amide bonds. The lowest BCUT2D eigenvalue weighted by molar-refractivity contribution is 0.0527. The Bertz CT molecular complexity index is 947. The van der Waals surface area contributed by atoms with Crippen LogP contribution in [-0.2, 0) is 24.1 Å². The summed E-state index contributed by atoms with van der Waals surface area (Å²) in [5, 5.41) is 5.00. The van der Waals surface area contributed by atoms with Gasteiger partial charge in [-0.2, -0.15) is 0 Å². The Kier molecular flexibility index (Phi) is 7.81. The fourth-order valence-corrected chi connectivity index (χ4v) is 6.11. The molecule has 0 saturated carbocycles. The molecule has 5 nitrogen and oxygen atoms in total. The zero-order valence-electron chi connectivity index (χ0n) is 19.1. The number of esters is 1. The van der Waals surface area contributed by atoms with E-state index in [9.17, 15) is 4.79 Å². The molecule has 4 rings (SSSR count). The highest BCUT2D eigenvalue weighted by atomic mass is 32.1. The van der Waals surface area contributed by atoms with Crippen molar-refractivity contribution in [2.24, 2.45) is 0 Å². The van der Waals surface area contributed by atoms with E-state index < -0.39 is 0 Å². The number of thiophene rings is 1. The molecule has 1 N–H and O–H groups in total. The molecule has 1 aromatic heterocycles. The van der Waals surface area contributed by atoms with Crippen LogP contribution < -0.4 is 5.32 Å². The lowest BCUT2D eigenvalue weighted by Crippen LogP contribution is -2.49. The maximum Gasteiger partial charge on any atom is 0.341 e. The highest BCUT2D eigenvalue weighted by molar-refractivity contribution is 7.80. The van der Waals surface area contributed by atoms with Crippen LogP contribution in [0.3, 0.4) is 0 Å². The summed E-state index contributed by atoms with van der Waals surface area (Å²) in [6, 6.07) is 8.78. The highest BCUT2D eigenvalue weighted by Crippen LogP contribution is 2.38. The number of hydrogen-bond donors (Lipinski definition) is 1. The number of anilines is 1. The summed E-state index contributed by atoms with van der Waals surface area (Å²) in [5.74, 6) is -0.222. The number of aryl methyl sites for hydroxylation is 2. The number of carbonyl (C=O) groups excluding carboxylic acids is 1. The number of piperazine rings is 1. The largest absolute Gasteiger partial charge is 0.462 e. The summed E-state index contributed by atoms with van der Waals surface area (Å²) >= 11 is 7.46. The molecule has 1 saturated heterocycles. The predicted molar refractivity (Wildman–Crippen MR) is 136 cm³/mol. The van der Waals surface area contributed by atoms with Crippen LogP contribution in [0.2, 0.25) is 0 Å². The second-order valence-corrected chi connectivity index (χ2v) is 10.2. The molecule has 7 heteroatoms. The van der Waals surface area contributed by atoms with Crippen LogP contribution in [0.1, 0.15) is 58.1 Å². The van der Waals surface area contributed by atoms with Crippen molar-refractivity contribution in [3.05, 3.63) is 51.4 Å². The van der Waals surface area contributed by atoms with Gasteiger partial charge in [-0.3, -0.25) is 4.90 Å². The minimum Gasteiger partial charge on any atom is -0.462 e. The number of hydrogen-bond acceptors (Lipinski definition) is 5. The van der Waals surface area contributed by atoms with Gasteiger partial charge in [0.15, 0.2) is 5.11 Å². The van der Waals surface area contributed by atoms with Crippen molar-refractivity contribution in [3.8, 4) is 0 Å². The molecule has 0 unspecified atom stereocenters. The minimum absolute atomic E-state index is 0.222. The van der Waals surface area contributed by atoms with Gasteiger partial charge in [-0.25, -0.2) is 4.79 Å². The van der Waals surface area contributed by atoms with E-state index in [1.54, 1.807) is 11.3 Å². The molecule has 2 aliphatic rings. The van der Waals surface area contributed by atoms with Gasteiger partial charge >= 0.3 is 5.97 Å². The number of rotatable bonds is 5. The van der Waals surface area contributed by atoms with E-state index in [-0.39, 0.29) is 5.97 Å². The van der Waals surface area contributed by atoms with Gasteiger partial charge in [0.1, 0.15) is 5.00 Å². The number of ether oxygens (including phenoxy) is 1. The molecular weight excluding hydrogens is 438 g/mol. The molecule has 0 spiro atoms. The second-order valence-electron chi connectivity index (χ2n) is 8.67. The predicted octanol–water partition coefficient (Wildman–Crippen LogP) is 5.02. The standard InChI is InChI=1S/C25H33N3O2S2/c1-3-30-24(29)22-20-7-5-4-6-8-21(20)32-23(22)26-25(31)28-15-13-27(14-16-28)17-19-11-9-18(2)10-12-19/h9-12H,3-8,13-17H2,1-2H3,(H,26,31). The van der Waals surface area contributed by atoms with Crippen molar-refractivity contribution >= 4 is 39.6 Å². The van der Waals surface area contributed by atoms with Crippen LogP contribution in [0.15, 0.2) is 24.3 Å². The summed E-state index contributed by atoms with van der Waals surface area (Å²) in [5.41, 5.74) is 4.54. The molecule has 1 aromatic carbocycles. The summed E-state index contributed by atoms with van der Waals surface area (Å²) < 4.78 is 5.40. The summed E-state index contributed by atoms with van der Waals surface area (Å²) in [6.07, 6.45) is 5.52.